The highest BCUT2D eigenvalue weighted by Crippen LogP contribution is 2.18. The Morgan fingerprint density at radius 2 is 2.00 bits per heavy atom. The first-order chi connectivity index (χ1) is 12.1. The lowest BCUT2D eigenvalue weighted by Gasteiger charge is -2.05. The maximum absolute atomic E-state index is 11.8. The summed E-state index contributed by atoms with van der Waals surface area (Å²) in [5.41, 5.74) is 4.97. The Labute approximate surface area is 150 Å². The zero-order chi connectivity index (χ0) is 17.6. The third-order valence-electron chi connectivity index (χ3n) is 3.49. The molecule has 3 aromatic rings. The molecule has 0 saturated heterocycles. The summed E-state index contributed by atoms with van der Waals surface area (Å²) < 4.78 is 5.38. The molecule has 6 heteroatoms. The topological polar surface area (TPSA) is 63.6 Å². The van der Waals surface area contributed by atoms with E-state index in [1.54, 1.807) is 0 Å². The van der Waals surface area contributed by atoms with Crippen molar-refractivity contribution in [2.75, 3.05) is 6.61 Å². The molecule has 0 aliphatic heterocycles. The molecular formula is C19H16ClN3O2. The van der Waals surface area contributed by atoms with E-state index in [2.05, 4.69) is 15.5 Å². The minimum Gasteiger partial charge on any atom is -0.484 e. The molecule has 0 bridgehead atoms. The molecule has 1 aromatic heterocycles. The van der Waals surface area contributed by atoms with Gasteiger partial charge < -0.3 is 4.74 Å². The van der Waals surface area contributed by atoms with Gasteiger partial charge in [-0.1, -0.05) is 47.5 Å². The van der Waals surface area contributed by atoms with E-state index < -0.39 is 0 Å². The van der Waals surface area contributed by atoms with Crippen LogP contribution in [0, 0.1) is 6.92 Å². The lowest BCUT2D eigenvalue weighted by molar-refractivity contribution is -0.123. The van der Waals surface area contributed by atoms with Crippen molar-refractivity contribution in [3.05, 3.63) is 70.9 Å². The molecule has 0 saturated carbocycles. The Morgan fingerprint density at radius 1 is 1.24 bits per heavy atom. The fourth-order valence-corrected chi connectivity index (χ4v) is 2.38. The van der Waals surface area contributed by atoms with Gasteiger partial charge >= 0.3 is 0 Å². The largest absolute Gasteiger partial charge is 0.484 e. The second kappa shape index (κ2) is 7.77. The Morgan fingerprint density at radius 3 is 2.80 bits per heavy atom. The summed E-state index contributed by atoms with van der Waals surface area (Å²) in [5.74, 6) is 0.271. The third-order valence-corrected chi connectivity index (χ3v) is 3.79. The summed E-state index contributed by atoms with van der Waals surface area (Å²) in [4.78, 5) is 16.1. The molecule has 0 aliphatic rings. The molecular weight excluding hydrogens is 338 g/mol. The van der Waals surface area contributed by atoms with E-state index in [9.17, 15) is 4.79 Å². The maximum Gasteiger partial charge on any atom is 0.277 e. The summed E-state index contributed by atoms with van der Waals surface area (Å²) in [6.07, 6.45) is 1.46. The van der Waals surface area contributed by atoms with Crippen molar-refractivity contribution in [3.63, 3.8) is 0 Å². The quantitative estimate of drug-likeness (QED) is 0.432. The van der Waals surface area contributed by atoms with Gasteiger partial charge in [0, 0.05) is 10.9 Å². The number of amides is 1. The minimum absolute atomic E-state index is 0.121. The van der Waals surface area contributed by atoms with Crippen molar-refractivity contribution in [3.8, 4) is 5.75 Å². The van der Waals surface area contributed by atoms with Gasteiger partial charge in [0.25, 0.3) is 5.91 Å². The first kappa shape index (κ1) is 16.9. The lowest BCUT2D eigenvalue weighted by Crippen LogP contribution is -2.24. The molecule has 0 aliphatic carbocycles. The van der Waals surface area contributed by atoms with Crippen LogP contribution in [-0.2, 0) is 4.79 Å². The summed E-state index contributed by atoms with van der Waals surface area (Å²) in [6.45, 7) is 1.86. The molecule has 0 unspecified atom stereocenters. The SMILES string of the molecule is Cc1ccc(OCC(=O)N/N=C\c2cc3ccccc3nc2Cl)cc1. The van der Waals surface area contributed by atoms with Crippen molar-refractivity contribution in [2.45, 2.75) is 6.92 Å². The number of halogens is 1. The first-order valence-corrected chi connectivity index (χ1v) is 8.06. The number of hydrazone groups is 1. The van der Waals surface area contributed by atoms with Gasteiger partial charge in [-0.25, -0.2) is 10.4 Å². The molecule has 126 valence electrons. The average molecular weight is 354 g/mol. The molecule has 2 aromatic carbocycles. The Hall–Kier alpha value is -2.92. The predicted molar refractivity (Wildman–Crippen MR) is 99.2 cm³/mol. The Balaban J connectivity index is 1.58. The summed E-state index contributed by atoms with van der Waals surface area (Å²) >= 11 is 6.13. The molecule has 1 N–H and O–H groups in total. The number of hydrogen-bond donors (Lipinski definition) is 1. The lowest BCUT2D eigenvalue weighted by atomic mass is 10.2. The van der Waals surface area contributed by atoms with Crippen LogP contribution in [-0.4, -0.2) is 23.7 Å². The van der Waals surface area contributed by atoms with E-state index in [1.807, 2.05) is 61.5 Å². The third kappa shape index (κ3) is 4.55. The number of aryl methyl sites for hydroxylation is 1. The van der Waals surface area contributed by atoms with Crippen LogP contribution >= 0.6 is 11.6 Å². The van der Waals surface area contributed by atoms with E-state index in [4.69, 9.17) is 16.3 Å². The Bertz CT molecular complexity index is 924. The highest BCUT2D eigenvalue weighted by Gasteiger charge is 2.04. The zero-order valence-electron chi connectivity index (χ0n) is 13.6. The highest BCUT2D eigenvalue weighted by molar-refractivity contribution is 6.32. The van der Waals surface area contributed by atoms with E-state index in [0.29, 0.717) is 16.5 Å². The van der Waals surface area contributed by atoms with Crippen LogP contribution in [0.15, 0.2) is 59.7 Å². The van der Waals surface area contributed by atoms with Crippen molar-refractivity contribution < 1.29 is 9.53 Å². The Kier molecular flexibility index (Phi) is 5.26. The number of nitrogens with zero attached hydrogens (tertiary/aromatic N) is 2. The van der Waals surface area contributed by atoms with E-state index in [-0.39, 0.29) is 12.5 Å². The van der Waals surface area contributed by atoms with E-state index >= 15 is 0 Å². The number of benzene rings is 2. The van der Waals surface area contributed by atoms with E-state index in [1.165, 1.54) is 6.21 Å². The fraction of sp³-hybridized carbons (Fsp3) is 0.105. The molecule has 25 heavy (non-hydrogen) atoms. The van der Waals surface area contributed by atoms with Crippen LogP contribution in [0.2, 0.25) is 5.15 Å². The van der Waals surface area contributed by atoms with Crippen LogP contribution < -0.4 is 10.2 Å². The number of carbonyl (C=O) groups is 1. The first-order valence-electron chi connectivity index (χ1n) is 7.68. The summed E-state index contributed by atoms with van der Waals surface area (Å²) in [5, 5.41) is 5.18. The molecule has 5 nitrogen and oxygen atoms in total. The van der Waals surface area contributed by atoms with Crippen molar-refractivity contribution in [1.29, 1.82) is 0 Å². The van der Waals surface area contributed by atoms with Crippen LogP contribution in [0.4, 0.5) is 0 Å². The zero-order valence-corrected chi connectivity index (χ0v) is 14.3. The number of para-hydroxylation sites is 1. The summed E-state index contributed by atoms with van der Waals surface area (Å²) in [7, 11) is 0. The standard InChI is InChI=1S/C19H16ClN3O2/c1-13-6-8-16(9-7-13)25-12-18(24)23-21-11-15-10-14-4-2-3-5-17(14)22-19(15)20/h2-11H,12H2,1H3,(H,23,24)/b21-11-. The number of ether oxygens (including phenoxy) is 1. The molecule has 1 amide bonds. The number of carbonyl (C=O) groups excluding carboxylic acids is 1. The van der Waals surface area contributed by atoms with Gasteiger partial charge in [0.1, 0.15) is 10.9 Å². The van der Waals surface area contributed by atoms with Crippen molar-refractivity contribution in [2.24, 2.45) is 5.10 Å². The number of pyridine rings is 1. The second-order valence-electron chi connectivity index (χ2n) is 5.46. The number of aromatic nitrogens is 1. The van der Waals surface area contributed by atoms with Crippen LogP contribution in [0.5, 0.6) is 5.75 Å². The minimum atomic E-state index is -0.360. The second-order valence-corrected chi connectivity index (χ2v) is 5.81. The molecule has 0 atom stereocenters. The van der Waals surface area contributed by atoms with Gasteiger partial charge in [0.05, 0.1) is 11.7 Å². The molecule has 0 fully saturated rings. The normalized spacial score (nSPS) is 11.0. The van der Waals surface area contributed by atoms with Crippen LogP contribution in [0.1, 0.15) is 11.1 Å². The number of fused-ring (bicyclic) bond motifs is 1. The van der Waals surface area contributed by atoms with Crippen LogP contribution in [0.25, 0.3) is 10.9 Å². The molecule has 0 spiro atoms. The number of nitrogens with one attached hydrogen (secondary N) is 1. The summed E-state index contributed by atoms with van der Waals surface area (Å²) in [6, 6.07) is 17.0. The maximum atomic E-state index is 11.8. The van der Waals surface area contributed by atoms with Gasteiger partial charge in [0.15, 0.2) is 6.61 Å². The monoisotopic (exact) mass is 353 g/mol. The molecule has 3 rings (SSSR count). The van der Waals surface area contributed by atoms with Gasteiger partial charge in [-0.3, -0.25) is 4.79 Å². The van der Waals surface area contributed by atoms with Gasteiger partial charge in [-0.15, -0.1) is 0 Å². The van der Waals surface area contributed by atoms with Gasteiger partial charge in [-0.2, -0.15) is 5.10 Å². The molecule has 0 radical (unpaired) electrons. The van der Waals surface area contributed by atoms with Crippen molar-refractivity contribution in [1.82, 2.24) is 10.4 Å². The average Bonchev–Trinajstić information content (AvgIpc) is 2.61. The van der Waals surface area contributed by atoms with E-state index in [0.717, 1.165) is 16.5 Å². The van der Waals surface area contributed by atoms with Crippen molar-refractivity contribution >= 4 is 34.6 Å². The van der Waals surface area contributed by atoms with Gasteiger partial charge in [0.2, 0.25) is 0 Å². The highest BCUT2D eigenvalue weighted by atomic mass is 35.5. The van der Waals surface area contributed by atoms with Crippen LogP contribution in [0.3, 0.4) is 0 Å². The van der Waals surface area contributed by atoms with Gasteiger partial charge in [-0.05, 0) is 31.2 Å². The smallest absolute Gasteiger partial charge is 0.277 e. The number of hydrogen-bond acceptors (Lipinski definition) is 4. The molecule has 1 heterocycles. The fourth-order valence-electron chi connectivity index (χ4n) is 2.19. The predicted octanol–water partition coefficient (Wildman–Crippen LogP) is 3.73. The number of rotatable bonds is 5.